The van der Waals surface area contributed by atoms with Gasteiger partial charge in [0.05, 0.1) is 5.84 Å². The minimum absolute atomic E-state index is 0.597. The van der Waals surface area contributed by atoms with E-state index >= 15 is 0 Å². The fourth-order valence-corrected chi connectivity index (χ4v) is 4.53. The Balaban J connectivity index is 1.67. The van der Waals surface area contributed by atoms with Crippen LogP contribution in [0.4, 0.5) is 0 Å². The second-order valence-corrected chi connectivity index (χ2v) is 6.67. The van der Waals surface area contributed by atoms with Crippen molar-refractivity contribution in [2.45, 2.75) is 76.7 Å². The van der Waals surface area contributed by atoms with Crippen LogP contribution in [-0.4, -0.2) is 23.3 Å². The molecule has 2 heteroatoms. The molecule has 0 aromatic carbocycles. The Morgan fingerprint density at radius 1 is 0.778 bits per heavy atom. The maximum Gasteiger partial charge on any atom is 0.0992 e. The predicted molar refractivity (Wildman–Crippen MR) is 76.0 cm³/mol. The lowest BCUT2D eigenvalue weighted by Gasteiger charge is -2.47. The largest absolute Gasteiger partial charge is 0.357 e. The van der Waals surface area contributed by atoms with E-state index in [9.17, 15) is 0 Å². The highest BCUT2D eigenvalue weighted by Gasteiger charge is 2.36. The summed E-state index contributed by atoms with van der Waals surface area (Å²) >= 11 is 0. The van der Waals surface area contributed by atoms with Crippen molar-refractivity contribution in [1.82, 2.24) is 4.90 Å². The van der Waals surface area contributed by atoms with Crippen LogP contribution in [0.25, 0.3) is 0 Å². The van der Waals surface area contributed by atoms with Crippen molar-refractivity contribution in [3.05, 3.63) is 0 Å². The van der Waals surface area contributed by atoms with E-state index < -0.39 is 0 Å². The van der Waals surface area contributed by atoms with Crippen molar-refractivity contribution >= 4 is 5.84 Å². The molecule has 3 fully saturated rings. The molecule has 3 rings (SSSR count). The normalized spacial score (nSPS) is 34.1. The molecule has 2 saturated carbocycles. The standard InChI is InChI=1S/C16H28N2/c17-16(14-8-2-1-3-9-14)18-12-6-10-13-7-4-5-11-15(13)18/h13-15,17H,1-12H2/t13-,15-/m1/s1. The van der Waals surface area contributed by atoms with Crippen LogP contribution < -0.4 is 0 Å². The summed E-state index contributed by atoms with van der Waals surface area (Å²) in [5.41, 5.74) is 0. The van der Waals surface area contributed by atoms with E-state index in [0.717, 1.165) is 17.8 Å². The van der Waals surface area contributed by atoms with E-state index in [1.54, 1.807) is 0 Å². The summed E-state index contributed by atoms with van der Waals surface area (Å²) in [6.45, 7) is 1.18. The van der Waals surface area contributed by atoms with E-state index in [1.807, 2.05) is 0 Å². The predicted octanol–water partition coefficient (Wildman–Crippen LogP) is 4.20. The molecule has 3 aliphatic rings. The van der Waals surface area contributed by atoms with E-state index in [-0.39, 0.29) is 0 Å². The Morgan fingerprint density at radius 2 is 1.44 bits per heavy atom. The van der Waals surface area contributed by atoms with Gasteiger partial charge >= 0.3 is 0 Å². The van der Waals surface area contributed by atoms with Gasteiger partial charge in [-0.2, -0.15) is 0 Å². The monoisotopic (exact) mass is 248 g/mol. The average Bonchev–Trinajstić information content (AvgIpc) is 2.47. The zero-order valence-electron chi connectivity index (χ0n) is 11.7. The fourth-order valence-electron chi connectivity index (χ4n) is 4.53. The van der Waals surface area contributed by atoms with Gasteiger partial charge in [-0.05, 0) is 44.4 Å². The quantitative estimate of drug-likeness (QED) is 0.546. The van der Waals surface area contributed by atoms with Gasteiger partial charge in [0.1, 0.15) is 0 Å². The lowest BCUT2D eigenvalue weighted by Crippen LogP contribution is -2.51. The molecule has 1 saturated heterocycles. The summed E-state index contributed by atoms with van der Waals surface area (Å²) in [6.07, 6.45) is 15.1. The number of likely N-dealkylation sites (tertiary alicyclic amines) is 1. The van der Waals surface area contributed by atoms with Crippen LogP contribution in [0, 0.1) is 17.2 Å². The molecule has 0 bridgehead atoms. The lowest BCUT2D eigenvalue weighted by molar-refractivity contribution is 0.112. The van der Waals surface area contributed by atoms with Gasteiger partial charge in [-0.15, -0.1) is 0 Å². The first kappa shape index (κ1) is 12.5. The van der Waals surface area contributed by atoms with Crippen LogP contribution in [0.15, 0.2) is 0 Å². The summed E-state index contributed by atoms with van der Waals surface area (Å²) in [5.74, 6) is 2.53. The summed E-state index contributed by atoms with van der Waals surface area (Å²) < 4.78 is 0. The number of piperidine rings is 1. The van der Waals surface area contributed by atoms with Crippen molar-refractivity contribution < 1.29 is 0 Å². The first-order valence-electron chi connectivity index (χ1n) is 8.21. The van der Waals surface area contributed by atoms with Gasteiger partial charge in [0.2, 0.25) is 0 Å². The number of hydrogen-bond donors (Lipinski definition) is 1. The Labute approximate surface area is 112 Å². The van der Waals surface area contributed by atoms with E-state index in [0.29, 0.717) is 5.92 Å². The zero-order chi connectivity index (χ0) is 12.4. The van der Waals surface area contributed by atoms with Crippen molar-refractivity contribution in [3.63, 3.8) is 0 Å². The molecule has 0 amide bonds. The first-order valence-corrected chi connectivity index (χ1v) is 8.21. The summed E-state index contributed by atoms with van der Waals surface area (Å²) in [5, 5.41) is 8.63. The summed E-state index contributed by atoms with van der Waals surface area (Å²) in [7, 11) is 0. The van der Waals surface area contributed by atoms with Crippen LogP contribution in [-0.2, 0) is 0 Å². The topological polar surface area (TPSA) is 27.1 Å². The molecule has 1 heterocycles. The highest BCUT2D eigenvalue weighted by Crippen LogP contribution is 2.37. The number of rotatable bonds is 1. The number of nitrogens with zero attached hydrogens (tertiary/aromatic N) is 1. The van der Waals surface area contributed by atoms with Crippen molar-refractivity contribution in [2.24, 2.45) is 11.8 Å². The molecule has 0 spiro atoms. The molecule has 2 aliphatic carbocycles. The molecule has 1 N–H and O–H groups in total. The second kappa shape index (κ2) is 5.63. The average molecular weight is 248 g/mol. The Kier molecular flexibility index (Phi) is 3.91. The molecule has 2 atom stereocenters. The minimum Gasteiger partial charge on any atom is -0.357 e. The number of amidine groups is 1. The molecule has 2 nitrogen and oxygen atoms in total. The van der Waals surface area contributed by atoms with Gasteiger partial charge in [0.15, 0.2) is 0 Å². The summed E-state index contributed by atoms with van der Waals surface area (Å²) in [4.78, 5) is 2.53. The third-order valence-electron chi connectivity index (χ3n) is 5.54. The molecular formula is C16H28N2. The first-order chi connectivity index (χ1) is 8.86. The molecule has 0 aromatic rings. The van der Waals surface area contributed by atoms with Crippen LogP contribution in [0.5, 0.6) is 0 Å². The molecule has 0 radical (unpaired) electrons. The Morgan fingerprint density at radius 3 is 2.28 bits per heavy atom. The van der Waals surface area contributed by atoms with Crippen molar-refractivity contribution in [2.75, 3.05) is 6.54 Å². The second-order valence-electron chi connectivity index (χ2n) is 6.67. The molecule has 0 aromatic heterocycles. The van der Waals surface area contributed by atoms with Gasteiger partial charge in [-0.25, -0.2) is 0 Å². The number of fused-ring (bicyclic) bond motifs is 1. The van der Waals surface area contributed by atoms with Gasteiger partial charge in [0.25, 0.3) is 0 Å². The van der Waals surface area contributed by atoms with Gasteiger partial charge in [-0.3, -0.25) is 5.41 Å². The number of nitrogens with one attached hydrogen (secondary N) is 1. The van der Waals surface area contributed by atoms with Crippen molar-refractivity contribution in [1.29, 1.82) is 5.41 Å². The Hall–Kier alpha value is -0.530. The van der Waals surface area contributed by atoms with Crippen molar-refractivity contribution in [3.8, 4) is 0 Å². The highest BCUT2D eigenvalue weighted by molar-refractivity contribution is 5.82. The minimum atomic E-state index is 0.597. The van der Waals surface area contributed by atoms with E-state index in [1.165, 1.54) is 77.2 Å². The van der Waals surface area contributed by atoms with E-state index in [4.69, 9.17) is 5.41 Å². The summed E-state index contributed by atoms with van der Waals surface area (Å²) in [6, 6.07) is 0.738. The van der Waals surface area contributed by atoms with Crippen LogP contribution in [0.2, 0.25) is 0 Å². The maximum absolute atomic E-state index is 8.63. The third kappa shape index (κ3) is 2.44. The molecular weight excluding hydrogens is 220 g/mol. The number of hydrogen-bond acceptors (Lipinski definition) is 1. The van der Waals surface area contributed by atoms with Crippen LogP contribution >= 0.6 is 0 Å². The highest BCUT2D eigenvalue weighted by atomic mass is 15.2. The molecule has 18 heavy (non-hydrogen) atoms. The van der Waals surface area contributed by atoms with Crippen LogP contribution in [0.1, 0.15) is 70.6 Å². The SMILES string of the molecule is N=C(C1CCCCC1)N1CCC[C@H]2CCCC[C@H]21. The van der Waals surface area contributed by atoms with Gasteiger partial charge in [0, 0.05) is 18.5 Å². The Bertz CT molecular complexity index is 291. The maximum atomic E-state index is 8.63. The molecule has 0 unspecified atom stereocenters. The van der Waals surface area contributed by atoms with Gasteiger partial charge in [-0.1, -0.05) is 32.1 Å². The smallest absolute Gasteiger partial charge is 0.0992 e. The molecule has 102 valence electrons. The third-order valence-corrected chi connectivity index (χ3v) is 5.54. The fraction of sp³-hybridized carbons (Fsp3) is 0.938. The van der Waals surface area contributed by atoms with E-state index in [2.05, 4.69) is 4.90 Å². The van der Waals surface area contributed by atoms with Gasteiger partial charge < -0.3 is 4.90 Å². The molecule has 1 aliphatic heterocycles. The van der Waals surface area contributed by atoms with Crippen LogP contribution in [0.3, 0.4) is 0 Å². The lowest BCUT2D eigenvalue weighted by atomic mass is 9.77. The zero-order valence-corrected chi connectivity index (χ0v) is 11.7.